The lowest BCUT2D eigenvalue weighted by atomic mass is 10.4. The maximum atomic E-state index is 5.55. The van der Waals surface area contributed by atoms with Crippen LogP contribution in [0.1, 0.15) is 0 Å². The second-order valence-electron chi connectivity index (χ2n) is 1.66. The van der Waals surface area contributed by atoms with Crippen LogP contribution >= 0.6 is 11.6 Å². The van der Waals surface area contributed by atoms with Gasteiger partial charge in [0.25, 0.3) is 5.15 Å². The first-order valence-electron chi connectivity index (χ1n) is 2.43. The molecule has 0 atom stereocenters. The highest BCUT2D eigenvalue weighted by atomic mass is 35.5. The van der Waals surface area contributed by atoms with Gasteiger partial charge in [-0.3, -0.25) is 0 Å². The summed E-state index contributed by atoms with van der Waals surface area (Å²) >= 11 is 5.55. The molecule has 1 rings (SSSR count). The Bertz CT molecular complexity index is 203. The fraction of sp³-hybridized carbons (Fsp3) is 0. The van der Waals surface area contributed by atoms with E-state index in [1.807, 2.05) is 0 Å². The van der Waals surface area contributed by atoms with E-state index in [1.54, 1.807) is 12.3 Å². The number of pyridine rings is 1. The van der Waals surface area contributed by atoms with Gasteiger partial charge in [0.15, 0.2) is 6.20 Å². The Hall–Kier alpha value is -0.960. The molecule has 0 amide bonds. The summed E-state index contributed by atoms with van der Waals surface area (Å²) < 4.78 is 0. The summed E-state index contributed by atoms with van der Waals surface area (Å²) in [5, 5.41) is 0.384. The highest BCUT2D eigenvalue weighted by Crippen LogP contribution is 2.17. The molecule has 0 aliphatic carbocycles. The molecule has 1 aromatic heterocycles. The molecule has 0 saturated carbocycles. The minimum Gasteiger partial charge on any atom is -0.397 e. The van der Waals surface area contributed by atoms with Crippen molar-refractivity contribution in [3.8, 4) is 0 Å². The first-order valence-corrected chi connectivity index (χ1v) is 2.80. The van der Waals surface area contributed by atoms with E-state index in [4.69, 9.17) is 23.1 Å². The Morgan fingerprint density at radius 3 is 2.56 bits per heavy atom. The van der Waals surface area contributed by atoms with Gasteiger partial charge in [-0.15, -0.1) is 0 Å². The van der Waals surface area contributed by atoms with Gasteiger partial charge in [-0.2, -0.15) is 4.98 Å². The molecule has 0 aliphatic heterocycles. The minimum absolute atomic E-state index is 0.384. The molecule has 0 bridgehead atoms. The van der Waals surface area contributed by atoms with Gasteiger partial charge in [0.1, 0.15) is 5.69 Å². The molecular weight excluding hydrogens is 138 g/mol. The largest absolute Gasteiger partial charge is 0.397 e. The van der Waals surface area contributed by atoms with Gasteiger partial charge in [0.2, 0.25) is 0 Å². The second-order valence-corrected chi connectivity index (χ2v) is 2.04. The van der Waals surface area contributed by atoms with E-state index in [9.17, 15) is 0 Å². The Labute approximate surface area is 57.6 Å². The van der Waals surface area contributed by atoms with Crippen LogP contribution in [0.25, 0.3) is 0 Å². The third-order valence-electron chi connectivity index (χ3n) is 1.02. The number of nitrogens with two attached hydrogens (primary N) is 2. The molecule has 1 heterocycles. The quantitative estimate of drug-likeness (QED) is 0.515. The maximum absolute atomic E-state index is 5.55. The predicted octanol–water partition coefficient (Wildman–Crippen LogP) is 0.318. The molecular formula is C5H7ClN3+. The molecule has 1 aromatic rings. The molecule has 0 saturated heterocycles. The van der Waals surface area contributed by atoms with E-state index in [0.29, 0.717) is 16.5 Å². The lowest BCUT2D eigenvalue weighted by Gasteiger charge is -1.92. The van der Waals surface area contributed by atoms with Crippen LogP contribution in [0, 0.1) is 0 Å². The zero-order valence-electron chi connectivity index (χ0n) is 4.69. The third kappa shape index (κ3) is 1.05. The molecule has 0 aromatic carbocycles. The fourth-order valence-corrected chi connectivity index (χ4v) is 0.671. The van der Waals surface area contributed by atoms with Crippen LogP contribution in [0.4, 0.5) is 11.4 Å². The highest BCUT2D eigenvalue weighted by Gasteiger charge is 2.04. The van der Waals surface area contributed by atoms with Gasteiger partial charge in [0, 0.05) is 6.07 Å². The Morgan fingerprint density at radius 1 is 1.44 bits per heavy atom. The van der Waals surface area contributed by atoms with Gasteiger partial charge in [-0.05, 0) is 11.6 Å². The molecule has 0 unspecified atom stereocenters. The minimum atomic E-state index is 0.384. The summed E-state index contributed by atoms with van der Waals surface area (Å²) in [6.45, 7) is 0. The molecule has 0 spiro atoms. The van der Waals surface area contributed by atoms with Crippen molar-refractivity contribution < 1.29 is 4.98 Å². The van der Waals surface area contributed by atoms with Crippen LogP contribution < -0.4 is 16.5 Å². The van der Waals surface area contributed by atoms with Crippen LogP contribution in [0.15, 0.2) is 12.3 Å². The van der Waals surface area contributed by atoms with Crippen LogP contribution in [0.2, 0.25) is 5.15 Å². The number of rotatable bonds is 0. The summed E-state index contributed by atoms with van der Waals surface area (Å²) in [4.78, 5) is 2.70. The number of H-pyrrole nitrogens is 1. The monoisotopic (exact) mass is 144 g/mol. The van der Waals surface area contributed by atoms with Crippen molar-refractivity contribution in [1.82, 2.24) is 0 Å². The summed E-state index contributed by atoms with van der Waals surface area (Å²) in [6, 6.07) is 1.65. The van der Waals surface area contributed by atoms with Crippen LogP contribution in [-0.2, 0) is 0 Å². The molecule has 0 aliphatic rings. The molecule has 48 valence electrons. The van der Waals surface area contributed by atoms with E-state index < -0.39 is 0 Å². The van der Waals surface area contributed by atoms with E-state index in [1.165, 1.54) is 0 Å². The van der Waals surface area contributed by atoms with Crippen LogP contribution in [0.3, 0.4) is 0 Å². The fourth-order valence-electron chi connectivity index (χ4n) is 0.499. The van der Waals surface area contributed by atoms with Crippen LogP contribution in [0.5, 0.6) is 0 Å². The van der Waals surface area contributed by atoms with Crippen molar-refractivity contribution in [1.29, 1.82) is 0 Å². The number of aromatic nitrogens is 1. The molecule has 0 radical (unpaired) electrons. The van der Waals surface area contributed by atoms with Gasteiger partial charge in [0.05, 0.1) is 5.69 Å². The van der Waals surface area contributed by atoms with Crippen molar-refractivity contribution in [3.05, 3.63) is 17.4 Å². The predicted molar refractivity (Wildman–Crippen MR) is 36.8 cm³/mol. The normalized spacial score (nSPS) is 9.44. The van der Waals surface area contributed by atoms with Crippen molar-refractivity contribution in [2.75, 3.05) is 11.5 Å². The van der Waals surface area contributed by atoms with Gasteiger partial charge in [-0.25, -0.2) is 0 Å². The number of nitrogen functional groups attached to an aromatic ring is 2. The van der Waals surface area contributed by atoms with E-state index in [2.05, 4.69) is 4.98 Å². The average molecular weight is 145 g/mol. The first-order chi connectivity index (χ1) is 4.22. The smallest absolute Gasteiger partial charge is 0.298 e. The Balaban J connectivity index is 3.25. The zero-order valence-corrected chi connectivity index (χ0v) is 5.44. The maximum Gasteiger partial charge on any atom is 0.298 e. The SMILES string of the molecule is Nc1cc[nH+]c(Cl)c1N. The van der Waals surface area contributed by atoms with Crippen molar-refractivity contribution in [2.24, 2.45) is 0 Å². The molecule has 4 heteroatoms. The number of nitrogens with one attached hydrogen (secondary N) is 1. The summed E-state index contributed by atoms with van der Waals surface area (Å²) in [5.41, 5.74) is 11.7. The summed E-state index contributed by atoms with van der Waals surface area (Å²) in [7, 11) is 0. The lowest BCUT2D eigenvalue weighted by Crippen LogP contribution is -2.07. The van der Waals surface area contributed by atoms with Crippen molar-refractivity contribution >= 4 is 23.0 Å². The molecule has 0 fully saturated rings. The van der Waals surface area contributed by atoms with E-state index in [0.717, 1.165) is 0 Å². The second kappa shape index (κ2) is 2.11. The highest BCUT2D eigenvalue weighted by molar-refractivity contribution is 6.31. The van der Waals surface area contributed by atoms with Gasteiger partial charge < -0.3 is 11.5 Å². The number of aromatic amines is 1. The van der Waals surface area contributed by atoms with E-state index in [-0.39, 0.29) is 0 Å². The van der Waals surface area contributed by atoms with E-state index >= 15 is 0 Å². The third-order valence-corrected chi connectivity index (χ3v) is 1.33. The number of hydrogen-bond acceptors (Lipinski definition) is 2. The van der Waals surface area contributed by atoms with Gasteiger partial charge >= 0.3 is 0 Å². The number of hydrogen-bond donors (Lipinski definition) is 2. The van der Waals surface area contributed by atoms with Gasteiger partial charge in [-0.1, -0.05) is 0 Å². The Morgan fingerprint density at radius 2 is 2.11 bits per heavy atom. The average Bonchev–Trinajstić information content (AvgIpc) is 1.83. The number of halogens is 1. The first kappa shape index (κ1) is 6.16. The van der Waals surface area contributed by atoms with Crippen LogP contribution in [-0.4, -0.2) is 0 Å². The Kier molecular flexibility index (Phi) is 1.44. The number of anilines is 2. The van der Waals surface area contributed by atoms with Crippen molar-refractivity contribution in [3.63, 3.8) is 0 Å². The topological polar surface area (TPSA) is 66.2 Å². The lowest BCUT2D eigenvalue weighted by molar-refractivity contribution is -0.374. The molecule has 3 nitrogen and oxygen atoms in total. The molecule has 9 heavy (non-hydrogen) atoms. The summed E-state index contributed by atoms with van der Waals surface area (Å²) in [5.74, 6) is 0. The standard InChI is InChI=1S/C5H6ClN3/c6-5-4(8)3(7)1-2-9-5/h1-2H,8H2,(H2,7,9)/p+1. The van der Waals surface area contributed by atoms with Crippen molar-refractivity contribution in [2.45, 2.75) is 0 Å². The summed E-state index contributed by atoms with van der Waals surface area (Å²) in [6.07, 6.45) is 1.63. The molecule has 5 N–H and O–H groups in total. The zero-order chi connectivity index (χ0) is 6.85.